The highest BCUT2D eigenvalue weighted by Crippen LogP contribution is 2.45. The molecule has 0 spiro atoms. The molecule has 1 saturated carbocycles. The van der Waals surface area contributed by atoms with Crippen molar-refractivity contribution in [3.8, 4) is 0 Å². The van der Waals surface area contributed by atoms with Gasteiger partial charge in [0.05, 0.1) is 11.6 Å². The van der Waals surface area contributed by atoms with E-state index in [0.717, 1.165) is 41.2 Å². The largest absolute Gasteiger partial charge is 0.441 e. The van der Waals surface area contributed by atoms with E-state index in [-0.39, 0.29) is 29.9 Å². The molecule has 1 amide bonds. The highest BCUT2D eigenvalue weighted by Gasteiger charge is 2.51. The molecular weight excluding hydrogens is 460 g/mol. The normalized spacial score (nSPS) is 25.7. The summed E-state index contributed by atoms with van der Waals surface area (Å²) >= 11 is 3.40. The minimum atomic E-state index is -0.597. The van der Waals surface area contributed by atoms with E-state index >= 15 is 0 Å². The first-order valence-corrected chi connectivity index (χ1v) is 11.5. The number of fused-ring (bicyclic) bond motifs is 1. The lowest BCUT2D eigenvalue weighted by molar-refractivity contribution is 0.0662. The number of carbonyl (C=O) groups is 1. The van der Waals surface area contributed by atoms with Gasteiger partial charge in [0.2, 0.25) is 0 Å². The summed E-state index contributed by atoms with van der Waals surface area (Å²) in [7, 11) is 0. The number of benzene rings is 1. The van der Waals surface area contributed by atoms with Gasteiger partial charge in [0.25, 0.3) is 0 Å². The second kappa shape index (κ2) is 7.51. The Morgan fingerprint density at radius 3 is 2.48 bits per heavy atom. The predicted octanol–water partition coefficient (Wildman–Crippen LogP) is 4.94. The third-order valence-electron chi connectivity index (χ3n) is 6.56. The molecule has 8 heteroatoms. The van der Waals surface area contributed by atoms with Crippen molar-refractivity contribution < 1.29 is 9.53 Å². The van der Waals surface area contributed by atoms with Gasteiger partial charge in [-0.1, -0.05) is 30.3 Å². The smallest absolute Gasteiger partial charge is 0.411 e. The number of cyclic esters (lactones) is 1. The Morgan fingerprint density at radius 2 is 1.77 bits per heavy atom. The predicted molar refractivity (Wildman–Crippen MR) is 121 cm³/mol. The van der Waals surface area contributed by atoms with Gasteiger partial charge in [-0.05, 0) is 67.1 Å². The van der Waals surface area contributed by atoms with E-state index in [1.807, 2.05) is 43.0 Å². The lowest BCUT2D eigenvalue weighted by Gasteiger charge is -2.38. The maximum atomic E-state index is 12.9. The van der Waals surface area contributed by atoms with Crippen LogP contribution in [0.25, 0.3) is 11.2 Å². The molecule has 2 aromatic heterocycles. The third-order valence-corrected chi connectivity index (χ3v) is 6.99. The maximum Gasteiger partial charge on any atom is 0.411 e. The number of aromatic nitrogens is 3. The van der Waals surface area contributed by atoms with Gasteiger partial charge in [-0.15, -0.1) is 0 Å². The first kappa shape index (κ1) is 20.3. The lowest BCUT2D eigenvalue weighted by atomic mass is 9.86. The zero-order chi connectivity index (χ0) is 21.8. The molecule has 3 heterocycles. The Labute approximate surface area is 188 Å². The summed E-state index contributed by atoms with van der Waals surface area (Å²) in [5.74, 6) is 0. The summed E-state index contributed by atoms with van der Waals surface area (Å²) in [6.45, 7) is 3.95. The van der Waals surface area contributed by atoms with Crippen LogP contribution >= 0.6 is 15.9 Å². The van der Waals surface area contributed by atoms with Crippen molar-refractivity contribution >= 4 is 33.2 Å². The number of amides is 1. The van der Waals surface area contributed by atoms with Crippen LogP contribution in [0.15, 0.2) is 51.9 Å². The molecule has 31 heavy (non-hydrogen) atoms. The number of hydrogen-bond acceptors (Lipinski definition) is 4. The van der Waals surface area contributed by atoms with E-state index in [1.54, 1.807) is 10.8 Å². The van der Waals surface area contributed by atoms with Crippen LogP contribution in [0.5, 0.6) is 0 Å². The first-order chi connectivity index (χ1) is 14.8. The zero-order valence-corrected chi connectivity index (χ0v) is 19.1. The highest BCUT2D eigenvalue weighted by atomic mass is 79.9. The monoisotopic (exact) mass is 484 g/mol. The zero-order valence-electron chi connectivity index (χ0n) is 17.5. The molecule has 1 aromatic carbocycles. The summed E-state index contributed by atoms with van der Waals surface area (Å²) in [6.07, 6.45) is 4.70. The Morgan fingerprint density at radius 1 is 1.10 bits per heavy atom. The number of nitrogens with one attached hydrogen (secondary N) is 1. The van der Waals surface area contributed by atoms with E-state index < -0.39 is 5.60 Å². The lowest BCUT2D eigenvalue weighted by Crippen LogP contribution is -2.43. The number of hydrogen-bond donors (Lipinski definition) is 1. The average Bonchev–Trinajstić information content (AvgIpc) is 3.19. The fraction of sp³-hybridized carbons (Fsp3) is 0.435. The van der Waals surface area contributed by atoms with Gasteiger partial charge in [0, 0.05) is 22.8 Å². The van der Waals surface area contributed by atoms with Gasteiger partial charge in [0.1, 0.15) is 5.60 Å². The minimum Gasteiger partial charge on any atom is -0.441 e. The fourth-order valence-electron chi connectivity index (χ4n) is 5.25. The molecule has 0 unspecified atom stereocenters. The van der Waals surface area contributed by atoms with Crippen molar-refractivity contribution in [3.05, 3.63) is 63.1 Å². The summed E-state index contributed by atoms with van der Waals surface area (Å²) in [6, 6.07) is 12.0. The molecule has 2 fully saturated rings. The molecule has 1 aliphatic heterocycles. The summed E-state index contributed by atoms with van der Waals surface area (Å²) in [4.78, 5) is 34.8. The van der Waals surface area contributed by atoms with Crippen LogP contribution in [0.4, 0.5) is 4.79 Å². The summed E-state index contributed by atoms with van der Waals surface area (Å²) in [5, 5.41) is 0. The maximum absolute atomic E-state index is 12.9. The third kappa shape index (κ3) is 3.46. The molecule has 1 atom stereocenters. The van der Waals surface area contributed by atoms with Gasteiger partial charge in [-0.2, -0.15) is 0 Å². The quantitative estimate of drug-likeness (QED) is 0.570. The van der Waals surface area contributed by atoms with Crippen molar-refractivity contribution in [1.29, 1.82) is 0 Å². The van der Waals surface area contributed by atoms with E-state index in [2.05, 4.69) is 38.0 Å². The average molecular weight is 485 g/mol. The number of ether oxygens (including phenoxy) is 1. The van der Waals surface area contributed by atoms with Crippen molar-refractivity contribution in [2.45, 2.75) is 63.3 Å². The molecule has 3 aromatic rings. The number of imidazole rings is 1. The van der Waals surface area contributed by atoms with Crippen molar-refractivity contribution in [2.24, 2.45) is 0 Å². The number of aromatic amines is 1. The van der Waals surface area contributed by atoms with Crippen LogP contribution < -0.4 is 5.69 Å². The highest BCUT2D eigenvalue weighted by molar-refractivity contribution is 9.10. The van der Waals surface area contributed by atoms with Gasteiger partial charge in [0.15, 0.2) is 5.65 Å². The topological polar surface area (TPSA) is 80.2 Å². The molecular formula is C23H25BrN4O3. The Balaban J connectivity index is 1.40. The van der Waals surface area contributed by atoms with Crippen LogP contribution in [0.3, 0.4) is 0 Å². The number of carbonyl (C=O) groups excluding carboxylic acids is 1. The van der Waals surface area contributed by atoms with Crippen molar-refractivity contribution in [1.82, 2.24) is 19.4 Å². The molecule has 5 rings (SSSR count). The Kier molecular flexibility index (Phi) is 4.92. The van der Waals surface area contributed by atoms with E-state index in [1.165, 1.54) is 0 Å². The standard InChI is InChI=1S/C23H25BrN4O3/c1-23(2)19(14-6-4-3-5-7-14)27(22(30)31-23)16-8-10-17(11-9-16)28-20-18(26-21(28)29)12-15(24)13-25-20/h3-7,12-13,16-17,19H,8-11H2,1-2H3,(H,26,29)/t16?,17?,19-/m0/s1. The van der Waals surface area contributed by atoms with Gasteiger partial charge in [-0.3, -0.25) is 9.47 Å². The molecule has 2 aliphatic rings. The number of H-pyrrole nitrogens is 1. The number of halogens is 1. The molecule has 1 saturated heterocycles. The Hall–Kier alpha value is -2.61. The molecule has 1 N–H and O–H groups in total. The first-order valence-electron chi connectivity index (χ1n) is 10.7. The van der Waals surface area contributed by atoms with E-state index in [4.69, 9.17) is 4.74 Å². The molecule has 0 bridgehead atoms. The summed E-state index contributed by atoms with van der Waals surface area (Å²) < 4.78 is 8.39. The van der Waals surface area contributed by atoms with E-state index in [9.17, 15) is 9.59 Å². The number of pyridine rings is 1. The minimum absolute atomic E-state index is 0.0629. The second-order valence-electron chi connectivity index (χ2n) is 8.98. The van der Waals surface area contributed by atoms with Gasteiger partial charge < -0.3 is 9.72 Å². The van der Waals surface area contributed by atoms with Gasteiger partial charge in [-0.25, -0.2) is 14.6 Å². The van der Waals surface area contributed by atoms with Crippen LogP contribution in [0, 0.1) is 0 Å². The SMILES string of the molecule is CC1(C)OC(=O)N(C2CCC(n3c(=O)[nH]c4cc(Br)cnc43)CC2)[C@H]1c1ccccc1. The second-order valence-corrected chi connectivity index (χ2v) is 9.89. The van der Waals surface area contributed by atoms with Crippen LogP contribution in [0.2, 0.25) is 0 Å². The van der Waals surface area contributed by atoms with E-state index in [0.29, 0.717) is 5.65 Å². The molecule has 7 nitrogen and oxygen atoms in total. The molecule has 1 aliphatic carbocycles. The molecule has 162 valence electrons. The fourth-order valence-corrected chi connectivity index (χ4v) is 5.58. The van der Waals surface area contributed by atoms with Crippen LogP contribution in [-0.2, 0) is 4.74 Å². The van der Waals surface area contributed by atoms with Gasteiger partial charge >= 0.3 is 11.8 Å². The Bertz CT molecular complexity index is 1180. The van der Waals surface area contributed by atoms with Crippen LogP contribution in [0.1, 0.15) is 57.2 Å². The number of rotatable bonds is 3. The van der Waals surface area contributed by atoms with Crippen molar-refractivity contribution in [2.75, 3.05) is 0 Å². The summed E-state index contributed by atoms with van der Waals surface area (Å²) in [5.41, 5.74) is 1.77. The number of nitrogens with zero attached hydrogens (tertiary/aromatic N) is 3. The van der Waals surface area contributed by atoms with Crippen molar-refractivity contribution in [3.63, 3.8) is 0 Å². The van der Waals surface area contributed by atoms with Crippen LogP contribution in [-0.4, -0.2) is 37.2 Å². The molecule has 0 radical (unpaired) electrons.